The lowest BCUT2D eigenvalue weighted by Crippen LogP contribution is -2.31. The molecule has 1 aromatic carbocycles. The molecule has 0 aromatic heterocycles. The SMILES string of the molecule is NC(CN1CC2CCCC2C1)c1ccc(F)c(F)c1. The lowest BCUT2D eigenvalue weighted by atomic mass is 10.0. The zero-order valence-electron chi connectivity index (χ0n) is 11.0. The molecule has 0 amide bonds. The van der Waals surface area contributed by atoms with Gasteiger partial charge in [0.1, 0.15) is 0 Å². The maximum absolute atomic E-state index is 13.2. The molecule has 1 saturated heterocycles. The Morgan fingerprint density at radius 3 is 2.47 bits per heavy atom. The topological polar surface area (TPSA) is 29.3 Å². The number of benzene rings is 1. The van der Waals surface area contributed by atoms with Crippen molar-refractivity contribution in [3.8, 4) is 0 Å². The van der Waals surface area contributed by atoms with Gasteiger partial charge in [0.2, 0.25) is 0 Å². The van der Waals surface area contributed by atoms with E-state index in [0.29, 0.717) is 5.56 Å². The highest BCUT2D eigenvalue weighted by atomic mass is 19.2. The third-order valence-electron chi connectivity index (χ3n) is 4.63. The fourth-order valence-corrected chi connectivity index (χ4v) is 3.61. The average molecular weight is 266 g/mol. The molecular formula is C15H20F2N2. The molecule has 3 unspecified atom stereocenters. The van der Waals surface area contributed by atoms with E-state index in [9.17, 15) is 8.78 Å². The number of hydrogen-bond donors (Lipinski definition) is 1. The minimum absolute atomic E-state index is 0.242. The number of halogens is 2. The lowest BCUT2D eigenvalue weighted by Gasteiger charge is -2.21. The summed E-state index contributed by atoms with van der Waals surface area (Å²) in [6, 6.07) is 3.72. The van der Waals surface area contributed by atoms with Gasteiger partial charge in [-0.3, -0.25) is 0 Å². The largest absolute Gasteiger partial charge is 0.323 e. The zero-order chi connectivity index (χ0) is 13.4. The van der Waals surface area contributed by atoms with Crippen LogP contribution in [0.1, 0.15) is 30.9 Å². The first kappa shape index (κ1) is 13.0. The first-order valence-electron chi connectivity index (χ1n) is 7.06. The summed E-state index contributed by atoms with van der Waals surface area (Å²) < 4.78 is 26.1. The smallest absolute Gasteiger partial charge is 0.159 e. The van der Waals surface area contributed by atoms with Gasteiger partial charge in [0.15, 0.2) is 11.6 Å². The van der Waals surface area contributed by atoms with Gasteiger partial charge in [-0.1, -0.05) is 12.5 Å². The van der Waals surface area contributed by atoms with E-state index in [2.05, 4.69) is 4.90 Å². The third kappa shape index (κ3) is 2.65. The van der Waals surface area contributed by atoms with Crippen molar-refractivity contribution in [2.45, 2.75) is 25.3 Å². The van der Waals surface area contributed by atoms with Crippen molar-refractivity contribution < 1.29 is 8.78 Å². The number of rotatable bonds is 3. The van der Waals surface area contributed by atoms with Gasteiger partial charge in [-0.05, 0) is 42.4 Å². The van der Waals surface area contributed by atoms with Crippen molar-refractivity contribution >= 4 is 0 Å². The van der Waals surface area contributed by atoms with Crippen LogP contribution in [0, 0.1) is 23.5 Å². The van der Waals surface area contributed by atoms with Crippen LogP contribution in [0.25, 0.3) is 0 Å². The summed E-state index contributed by atoms with van der Waals surface area (Å²) in [4.78, 5) is 2.38. The number of fused-ring (bicyclic) bond motifs is 1. The van der Waals surface area contributed by atoms with E-state index in [-0.39, 0.29) is 6.04 Å². The second-order valence-electron chi connectivity index (χ2n) is 5.95. The van der Waals surface area contributed by atoms with Crippen molar-refractivity contribution in [1.82, 2.24) is 4.90 Å². The van der Waals surface area contributed by atoms with Gasteiger partial charge in [-0.2, -0.15) is 0 Å². The van der Waals surface area contributed by atoms with Crippen molar-refractivity contribution in [3.63, 3.8) is 0 Å². The molecule has 4 heteroatoms. The predicted molar refractivity (Wildman–Crippen MR) is 70.6 cm³/mol. The first-order chi connectivity index (χ1) is 9.13. The van der Waals surface area contributed by atoms with Gasteiger partial charge in [0, 0.05) is 25.7 Å². The molecule has 2 nitrogen and oxygen atoms in total. The van der Waals surface area contributed by atoms with E-state index in [1.165, 1.54) is 25.3 Å². The molecule has 0 spiro atoms. The van der Waals surface area contributed by atoms with Crippen LogP contribution in [0.2, 0.25) is 0 Å². The van der Waals surface area contributed by atoms with Gasteiger partial charge in [0.05, 0.1) is 0 Å². The molecule has 2 N–H and O–H groups in total. The maximum atomic E-state index is 13.2. The van der Waals surface area contributed by atoms with Crippen LogP contribution in [-0.2, 0) is 0 Å². The van der Waals surface area contributed by atoms with Gasteiger partial charge in [-0.15, -0.1) is 0 Å². The molecule has 0 radical (unpaired) electrons. The molecule has 1 heterocycles. The Hall–Kier alpha value is -1.00. The highest BCUT2D eigenvalue weighted by molar-refractivity contribution is 5.21. The minimum atomic E-state index is -0.814. The van der Waals surface area contributed by atoms with E-state index in [0.717, 1.165) is 37.5 Å². The summed E-state index contributed by atoms with van der Waals surface area (Å²) in [5.41, 5.74) is 6.79. The Kier molecular flexibility index (Phi) is 3.54. The summed E-state index contributed by atoms with van der Waals surface area (Å²) >= 11 is 0. The van der Waals surface area contributed by atoms with Gasteiger partial charge in [0.25, 0.3) is 0 Å². The molecule has 1 saturated carbocycles. The Balaban J connectivity index is 1.62. The van der Waals surface area contributed by atoms with E-state index >= 15 is 0 Å². The Morgan fingerprint density at radius 1 is 1.16 bits per heavy atom. The Labute approximate surface area is 112 Å². The molecule has 1 aromatic rings. The number of nitrogens with zero attached hydrogens (tertiary/aromatic N) is 1. The summed E-state index contributed by atoms with van der Waals surface area (Å²) in [6.45, 7) is 2.96. The van der Waals surface area contributed by atoms with Crippen LogP contribution in [0.4, 0.5) is 8.78 Å². The summed E-state index contributed by atoms with van der Waals surface area (Å²) in [7, 11) is 0. The molecular weight excluding hydrogens is 246 g/mol. The third-order valence-corrected chi connectivity index (χ3v) is 4.63. The van der Waals surface area contributed by atoms with E-state index in [1.807, 2.05) is 0 Å². The van der Waals surface area contributed by atoms with Crippen LogP contribution in [0.15, 0.2) is 18.2 Å². The molecule has 1 aliphatic heterocycles. The number of nitrogens with two attached hydrogens (primary N) is 1. The molecule has 2 aliphatic rings. The van der Waals surface area contributed by atoms with Crippen molar-refractivity contribution in [2.75, 3.05) is 19.6 Å². The molecule has 3 atom stereocenters. The number of hydrogen-bond acceptors (Lipinski definition) is 2. The Bertz CT molecular complexity index is 451. The zero-order valence-corrected chi connectivity index (χ0v) is 11.0. The Morgan fingerprint density at radius 2 is 1.84 bits per heavy atom. The van der Waals surface area contributed by atoms with E-state index in [4.69, 9.17) is 5.73 Å². The fraction of sp³-hybridized carbons (Fsp3) is 0.600. The van der Waals surface area contributed by atoms with Gasteiger partial charge < -0.3 is 10.6 Å². The molecule has 104 valence electrons. The monoisotopic (exact) mass is 266 g/mol. The highest BCUT2D eigenvalue weighted by Crippen LogP contribution is 2.38. The highest BCUT2D eigenvalue weighted by Gasteiger charge is 2.36. The molecule has 19 heavy (non-hydrogen) atoms. The predicted octanol–water partition coefficient (Wildman–Crippen LogP) is 2.70. The second kappa shape index (κ2) is 5.17. The summed E-state index contributed by atoms with van der Waals surface area (Å²) in [5.74, 6) is 0.0344. The average Bonchev–Trinajstić information content (AvgIpc) is 2.93. The fourth-order valence-electron chi connectivity index (χ4n) is 3.61. The molecule has 0 bridgehead atoms. The minimum Gasteiger partial charge on any atom is -0.323 e. The van der Waals surface area contributed by atoms with Crippen LogP contribution in [-0.4, -0.2) is 24.5 Å². The van der Waals surface area contributed by atoms with Crippen molar-refractivity contribution in [1.29, 1.82) is 0 Å². The van der Waals surface area contributed by atoms with Crippen LogP contribution >= 0.6 is 0 Å². The maximum Gasteiger partial charge on any atom is 0.159 e. The van der Waals surface area contributed by atoms with Crippen molar-refractivity contribution in [2.24, 2.45) is 17.6 Å². The quantitative estimate of drug-likeness (QED) is 0.911. The first-order valence-corrected chi connectivity index (χ1v) is 7.06. The van der Waals surface area contributed by atoms with Gasteiger partial charge >= 0.3 is 0 Å². The lowest BCUT2D eigenvalue weighted by molar-refractivity contribution is 0.291. The van der Waals surface area contributed by atoms with Crippen LogP contribution in [0.5, 0.6) is 0 Å². The summed E-state index contributed by atoms with van der Waals surface area (Å²) in [5, 5.41) is 0. The van der Waals surface area contributed by atoms with Crippen molar-refractivity contribution in [3.05, 3.63) is 35.4 Å². The van der Waals surface area contributed by atoms with E-state index in [1.54, 1.807) is 6.07 Å². The second-order valence-corrected chi connectivity index (χ2v) is 5.95. The van der Waals surface area contributed by atoms with Crippen LogP contribution < -0.4 is 5.73 Å². The molecule has 1 aliphatic carbocycles. The normalized spacial score (nSPS) is 28.6. The molecule has 2 fully saturated rings. The van der Waals surface area contributed by atoms with E-state index < -0.39 is 11.6 Å². The standard InChI is InChI=1S/C15H20F2N2/c16-13-5-4-10(6-14(13)17)15(18)9-19-7-11-2-1-3-12(11)8-19/h4-6,11-12,15H,1-3,7-9,18H2. The van der Waals surface area contributed by atoms with Gasteiger partial charge in [-0.25, -0.2) is 8.78 Å². The summed E-state index contributed by atoms with van der Waals surface area (Å²) in [6.07, 6.45) is 4.03. The molecule has 3 rings (SSSR count). The number of likely N-dealkylation sites (tertiary alicyclic amines) is 1. The van der Waals surface area contributed by atoms with Crippen LogP contribution in [0.3, 0.4) is 0 Å².